The van der Waals surface area contributed by atoms with Crippen LogP contribution in [0.2, 0.25) is 10.0 Å². The summed E-state index contributed by atoms with van der Waals surface area (Å²) < 4.78 is 0. The minimum atomic E-state index is -0.670. The summed E-state index contributed by atoms with van der Waals surface area (Å²) in [7, 11) is 0. The van der Waals surface area contributed by atoms with E-state index in [1.54, 1.807) is 6.07 Å². The topological polar surface area (TPSA) is 140 Å². The van der Waals surface area contributed by atoms with Crippen LogP contribution in [0.25, 0.3) is 0 Å². The van der Waals surface area contributed by atoms with Gasteiger partial charge in [0.25, 0.3) is 11.8 Å². The highest BCUT2D eigenvalue weighted by Gasteiger charge is 2.23. The normalized spacial score (nSPS) is 14.9. The molecule has 0 radical (unpaired) electrons. The third-order valence-corrected chi connectivity index (χ3v) is 6.61. The van der Waals surface area contributed by atoms with Crippen molar-refractivity contribution in [2.45, 2.75) is 38.8 Å². The molecule has 1 heterocycles. The number of hydrogen-bond donors (Lipinski definition) is 5. The molecule has 3 amide bonds. The second-order valence-corrected chi connectivity index (χ2v) is 9.46. The van der Waals surface area contributed by atoms with Crippen molar-refractivity contribution >= 4 is 52.8 Å². The van der Waals surface area contributed by atoms with Crippen LogP contribution in [0.4, 0.5) is 5.69 Å². The predicted octanol–water partition coefficient (Wildman–Crippen LogP) is 3.67. The Morgan fingerprint density at radius 3 is 2.38 bits per heavy atom. The van der Waals surface area contributed by atoms with Gasteiger partial charge in [0.2, 0.25) is 5.91 Å². The fraction of sp³-hybridized carbons (Fsp3) is 0.308. The molecule has 1 aliphatic rings. The Labute approximate surface area is 225 Å². The van der Waals surface area contributed by atoms with Gasteiger partial charge in [0.1, 0.15) is 5.70 Å². The first-order chi connectivity index (χ1) is 17.7. The minimum Gasteiger partial charge on any atom is -0.393 e. The number of anilines is 1. The SMILES string of the molecule is CCC(=O)Nc1cccc(CN2CCC(NC(=O)/C(N)=C(/C=N)NC(=O)c3c(Cl)cccc3Cl)CC2)c1. The smallest absolute Gasteiger partial charge is 0.269 e. The molecule has 1 fully saturated rings. The highest BCUT2D eigenvalue weighted by Crippen LogP contribution is 2.24. The lowest BCUT2D eigenvalue weighted by Crippen LogP contribution is -2.46. The first-order valence-electron chi connectivity index (χ1n) is 11.9. The fourth-order valence-corrected chi connectivity index (χ4v) is 4.53. The second-order valence-electron chi connectivity index (χ2n) is 8.65. The number of rotatable bonds is 9. The number of carbonyl (C=O) groups excluding carboxylic acids is 3. The lowest BCUT2D eigenvalue weighted by molar-refractivity contribution is -0.118. The van der Waals surface area contributed by atoms with Crippen molar-refractivity contribution in [1.29, 1.82) is 5.41 Å². The van der Waals surface area contributed by atoms with E-state index >= 15 is 0 Å². The molecule has 37 heavy (non-hydrogen) atoms. The van der Waals surface area contributed by atoms with Crippen molar-refractivity contribution < 1.29 is 14.4 Å². The molecule has 0 aliphatic carbocycles. The average Bonchev–Trinajstić information content (AvgIpc) is 2.88. The molecule has 0 saturated carbocycles. The van der Waals surface area contributed by atoms with Gasteiger partial charge < -0.3 is 27.1 Å². The summed E-state index contributed by atoms with van der Waals surface area (Å²) in [6.45, 7) is 4.07. The maximum absolute atomic E-state index is 12.7. The van der Waals surface area contributed by atoms with E-state index in [0.29, 0.717) is 19.3 Å². The van der Waals surface area contributed by atoms with Crippen molar-refractivity contribution in [2.75, 3.05) is 18.4 Å². The number of likely N-dealkylation sites (tertiary alicyclic amines) is 1. The molecule has 1 aliphatic heterocycles. The number of nitrogens with two attached hydrogens (primary N) is 1. The number of carbonyl (C=O) groups is 3. The van der Waals surface area contributed by atoms with E-state index in [2.05, 4.69) is 20.9 Å². The van der Waals surface area contributed by atoms with Gasteiger partial charge in [0.15, 0.2) is 0 Å². The highest BCUT2D eigenvalue weighted by atomic mass is 35.5. The van der Waals surface area contributed by atoms with E-state index in [1.165, 1.54) is 12.1 Å². The van der Waals surface area contributed by atoms with Crippen molar-refractivity contribution in [1.82, 2.24) is 15.5 Å². The van der Waals surface area contributed by atoms with Crippen LogP contribution >= 0.6 is 23.2 Å². The molecule has 11 heteroatoms. The van der Waals surface area contributed by atoms with Crippen LogP contribution < -0.4 is 21.7 Å². The molecule has 9 nitrogen and oxygen atoms in total. The molecule has 1 saturated heterocycles. The Balaban J connectivity index is 1.54. The minimum absolute atomic E-state index is 0.0274. The van der Waals surface area contributed by atoms with Crippen molar-refractivity contribution in [2.24, 2.45) is 5.73 Å². The van der Waals surface area contributed by atoms with Crippen LogP contribution in [0.5, 0.6) is 0 Å². The molecular formula is C26H30Cl2N6O3. The summed E-state index contributed by atoms with van der Waals surface area (Å²) in [6, 6.07) is 12.3. The zero-order valence-corrected chi connectivity index (χ0v) is 22.0. The van der Waals surface area contributed by atoms with Crippen LogP contribution in [0.1, 0.15) is 42.1 Å². The Hall–Kier alpha value is -3.40. The molecule has 0 spiro atoms. The van der Waals surface area contributed by atoms with Crippen molar-refractivity contribution in [3.63, 3.8) is 0 Å². The summed E-state index contributed by atoms with van der Waals surface area (Å²) in [4.78, 5) is 39.3. The second kappa shape index (κ2) is 13.2. The number of piperidine rings is 1. The molecule has 6 N–H and O–H groups in total. The van der Waals surface area contributed by atoms with Gasteiger partial charge in [-0.1, -0.05) is 48.3 Å². The highest BCUT2D eigenvalue weighted by molar-refractivity contribution is 6.39. The Morgan fingerprint density at radius 1 is 1.11 bits per heavy atom. The maximum Gasteiger partial charge on any atom is 0.269 e. The number of benzene rings is 2. The van der Waals surface area contributed by atoms with Gasteiger partial charge in [-0.2, -0.15) is 0 Å². The van der Waals surface area contributed by atoms with E-state index in [9.17, 15) is 14.4 Å². The van der Waals surface area contributed by atoms with E-state index < -0.39 is 11.8 Å². The summed E-state index contributed by atoms with van der Waals surface area (Å²) in [6.07, 6.45) is 2.66. The van der Waals surface area contributed by atoms with E-state index in [4.69, 9.17) is 34.3 Å². The summed E-state index contributed by atoms with van der Waals surface area (Å²) in [5.41, 5.74) is 7.45. The lowest BCUT2D eigenvalue weighted by atomic mass is 10.0. The first kappa shape index (κ1) is 28.2. The van der Waals surface area contributed by atoms with Gasteiger partial charge in [-0.3, -0.25) is 19.3 Å². The quantitative estimate of drug-likeness (QED) is 0.242. The summed E-state index contributed by atoms with van der Waals surface area (Å²) >= 11 is 12.1. The third-order valence-electron chi connectivity index (χ3n) is 5.98. The van der Waals surface area contributed by atoms with Crippen LogP contribution in [-0.2, 0) is 16.1 Å². The largest absolute Gasteiger partial charge is 0.393 e. The first-order valence-corrected chi connectivity index (χ1v) is 12.6. The zero-order valence-electron chi connectivity index (χ0n) is 20.4. The van der Waals surface area contributed by atoms with E-state index in [1.807, 2.05) is 31.2 Å². The van der Waals surface area contributed by atoms with E-state index in [0.717, 1.165) is 37.1 Å². The molecule has 196 valence electrons. The molecule has 0 bridgehead atoms. The molecule has 3 rings (SSSR count). The number of halogens is 2. The summed E-state index contributed by atoms with van der Waals surface area (Å²) in [5, 5.41) is 16.1. The maximum atomic E-state index is 12.7. The van der Waals surface area contributed by atoms with Crippen LogP contribution in [0, 0.1) is 5.41 Å². The Bertz CT molecular complexity index is 1190. The standard InChI is InChI=1S/C26H30Cl2N6O3/c1-2-22(35)31-18-6-3-5-16(13-18)15-34-11-9-17(10-12-34)32-26(37)24(30)21(14-29)33-25(36)23-19(27)7-4-8-20(23)28/h3-8,13-14,17,29H,2,9-12,15,30H2,1H3,(H,31,35)(H,32,37)(H,33,36)/b24-21+,29-14?. The monoisotopic (exact) mass is 544 g/mol. The average molecular weight is 545 g/mol. The number of hydrogen-bond acceptors (Lipinski definition) is 6. The molecular weight excluding hydrogens is 515 g/mol. The zero-order chi connectivity index (χ0) is 26.9. The fourth-order valence-electron chi connectivity index (χ4n) is 3.96. The third kappa shape index (κ3) is 7.79. The van der Waals surface area contributed by atoms with Crippen LogP contribution in [-0.4, -0.2) is 48.0 Å². The molecule has 2 aromatic carbocycles. The van der Waals surface area contributed by atoms with Crippen molar-refractivity contribution in [3.05, 3.63) is 75.0 Å². The van der Waals surface area contributed by atoms with Gasteiger partial charge in [0, 0.05) is 44.0 Å². The molecule has 0 atom stereocenters. The number of nitrogens with one attached hydrogen (secondary N) is 4. The number of nitrogens with zero attached hydrogens (tertiary/aromatic N) is 1. The van der Waals surface area contributed by atoms with Gasteiger partial charge in [-0.25, -0.2) is 0 Å². The Morgan fingerprint density at radius 2 is 1.76 bits per heavy atom. The number of amides is 3. The van der Waals surface area contributed by atoms with Crippen molar-refractivity contribution in [3.8, 4) is 0 Å². The predicted molar refractivity (Wildman–Crippen MR) is 146 cm³/mol. The lowest BCUT2D eigenvalue weighted by Gasteiger charge is -2.32. The van der Waals surface area contributed by atoms with Gasteiger partial charge in [-0.15, -0.1) is 0 Å². The molecule has 0 aromatic heterocycles. The van der Waals surface area contributed by atoms with Crippen LogP contribution in [0.15, 0.2) is 53.9 Å². The van der Waals surface area contributed by atoms with Gasteiger partial charge in [-0.05, 0) is 42.7 Å². The van der Waals surface area contributed by atoms with Gasteiger partial charge in [0.05, 0.1) is 21.3 Å². The van der Waals surface area contributed by atoms with Gasteiger partial charge >= 0.3 is 0 Å². The van der Waals surface area contributed by atoms with Crippen LogP contribution in [0.3, 0.4) is 0 Å². The molecule has 0 unspecified atom stereocenters. The number of allylic oxidation sites excluding steroid dienone is 1. The van der Waals surface area contributed by atoms with E-state index in [-0.39, 0.29) is 39.0 Å². The molecule has 2 aromatic rings. The Kier molecular flexibility index (Phi) is 10.1. The summed E-state index contributed by atoms with van der Waals surface area (Å²) in [5.74, 6) is -1.27.